The van der Waals surface area contributed by atoms with E-state index < -0.39 is 27.8 Å². The number of sulfone groups is 1. The average molecular weight is 251 g/mol. The van der Waals surface area contributed by atoms with Gasteiger partial charge < -0.3 is 5.73 Å². The van der Waals surface area contributed by atoms with Gasteiger partial charge in [0.1, 0.15) is 15.1 Å². The van der Waals surface area contributed by atoms with Gasteiger partial charge in [-0.1, -0.05) is 0 Å². The maximum atomic E-state index is 12.1. The van der Waals surface area contributed by atoms with Crippen LogP contribution in [0.5, 0.6) is 0 Å². The zero-order chi connectivity index (χ0) is 11.4. The van der Waals surface area contributed by atoms with Crippen LogP contribution in [0.2, 0.25) is 0 Å². The Bertz CT molecular complexity index is 263. The van der Waals surface area contributed by atoms with Crippen LogP contribution in [0.1, 0.15) is 0 Å². The van der Waals surface area contributed by atoms with Crippen molar-refractivity contribution in [1.82, 2.24) is 0 Å². The number of rotatable bonds is 5. The molecule has 1 atom stereocenters. The summed E-state index contributed by atoms with van der Waals surface area (Å²) < 4.78 is 57.5. The van der Waals surface area contributed by atoms with Gasteiger partial charge in [-0.15, -0.1) is 11.8 Å². The molecule has 0 radical (unpaired) electrons. The molecule has 14 heavy (non-hydrogen) atoms. The number of thioether (sulfide) groups is 1. The molecule has 0 saturated heterocycles. The van der Waals surface area contributed by atoms with Crippen LogP contribution >= 0.6 is 11.8 Å². The van der Waals surface area contributed by atoms with Gasteiger partial charge in [0.2, 0.25) is 0 Å². The van der Waals surface area contributed by atoms with Crippen molar-refractivity contribution in [2.75, 3.05) is 24.3 Å². The summed E-state index contributed by atoms with van der Waals surface area (Å²) >= 11 is 0.526. The summed E-state index contributed by atoms with van der Waals surface area (Å²) in [6.45, 7) is -0.530. The predicted octanol–water partition coefficient (Wildman–Crippen LogP) is 0.654. The number of hydrogen-bond donors (Lipinski definition) is 1. The molecule has 0 spiro atoms. The standard InChI is InChI=1S/C6H12F3NO2S2/c1-14(11,12)3-2-13-5(4-10)6(7,8)9/h5H,2-4,10H2,1H3. The molecule has 0 fully saturated rings. The Morgan fingerprint density at radius 2 is 1.93 bits per heavy atom. The molecular formula is C6H12F3NO2S2. The fraction of sp³-hybridized carbons (Fsp3) is 1.00. The molecule has 86 valence electrons. The summed E-state index contributed by atoms with van der Waals surface area (Å²) in [5, 5.41) is -1.68. The van der Waals surface area contributed by atoms with E-state index in [0.717, 1.165) is 6.26 Å². The van der Waals surface area contributed by atoms with Crippen LogP contribution in [0.3, 0.4) is 0 Å². The third kappa shape index (κ3) is 6.50. The summed E-state index contributed by atoms with van der Waals surface area (Å²) in [7, 11) is -3.20. The highest BCUT2D eigenvalue weighted by molar-refractivity contribution is 8.01. The molecule has 3 nitrogen and oxygen atoms in total. The Hall–Kier alpha value is 0.0500. The monoisotopic (exact) mass is 251 g/mol. The number of nitrogens with two attached hydrogens (primary N) is 1. The van der Waals surface area contributed by atoms with Crippen LogP contribution in [-0.2, 0) is 9.84 Å². The summed E-state index contributed by atoms with van der Waals surface area (Å²) in [4.78, 5) is 0. The smallest absolute Gasteiger partial charge is 0.329 e. The van der Waals surface area contributed by atoms with Crippen molar-refractivity contribution in [3.8, 4) is 0 Å². The van der Waals surface area contributed by atoms with Crippen molar-refractivity contribution in [1.29, 1.82) is 0 Å². The second kappa shape index (κ2) is 5.22. The largest absolute Gasteiger partial charge is 0.401 e. The van der Waals surface area contributed by atoms with E-state index in [0.29, 0.717) is 11.8 Å². The fourth-order valence-corrected chi connectivity index (χ4v) is 2.84. The summed E-state index contributed by atoms with van der Waals surface area (Å²) in [6.07, 6.45) is -3.38. The maximum absolute atomic E-state index is 12.1. The summed E-state index contributed by atoms with van der Waals surface area (Å²) in [5.74, 6) is -0.343. The third-order valence-electron chi connectivity index (χ3n) is 1.35. The van der Waals surface area contributed by atoms with E-state index in [2.05, 4.69) is 0 Å². The first-order chi connectivity index (χ1) is 6.17. The van der Waals surface area contributed by atoms with Gasteiger partial charge in [0.25, 0.3) is 0 Å². The first-order valence-corrected chi connectivity index (χ1v) is 6.84. The van der Waals surface area contributed by atoms with Crippen molar-refractivity contribution in [3.63, 3.8) is 0 Å². The van der Waals surface area contributed by atoms with Crippen LogP contribution in [0.4, 0.5) is 13.2 Å². The van der Waals surface area contributed by atoms with Gasteiger partial charge in [0.05, 0.1) is 5.75 Å². The quantitative estimate of drug-likeness (QED) is 0.779. The lowest BCUT2D eigenvalue weighted by Crippen LogP contribution is -2.33. The normalized spacial score (nSPS) is 15.5. The molecule has 0 aromatic rings. The van der Waals surface area contributed by atoms with E-state index in [4.69, 9.17) is 5.73 Å². The van der Waals surface area contributed by atoms with E-state index in [1.54, 1.807) is 0 Å². The number of hydrogen-bond acceptors (Lipinski definition) is 4. The SMILES string of the molecule is CS(=O)(=O)CCSC(CN)C(F)(F)F. The molecule has 0 aliphatic carbocycles. The van der Waals surface area contributed by atoms with Crippen LogP contribution in [0.25, 0.3) is 0 Å². The minimum absolute atomic E-state index is 0.0831. The van der Waals surface area contributed by atoms with Crippen LogP contribution in [0.15, 0.2) is 0 Å². The van der Waals surface area contributed by atoms with E-state index in [1.165, 1.54) is 0 Å². The average Bonchev–Trinajstić information content (AvgIpc) is 1.93. The highest BCUT2D eigenvalue weighted by atomic mass is 32.2. The molecule has 0 rings (SSSR count). The van der Waals surface area contributed by atoms with Crippen molar-refractivity contribution >= 4 is 21.6 Å². The molecule has 0 bridgehead atoms. The highest BCUT2D eigenvalue weighted by Crippen LogP contribution is 2.29. The van der Waals surface area contributed by atoms with Crippen LogP contribution in [-0.4, -0.2) is 44.2 Å². The Kier molecular flexibility index (Phi) is 5.24. The highest BCUT2D eigenvalue weighted by Gasteiger charge is 2.38. The van der Waals surface area contributed by atoms with Crippen molar-refractivity contribution in [2.24, 2.45) is 5.73 Å². The molecule has 0 aliphatic heterocycles. The second-order valence-electron chi connectivity index (χ2n) is 2.77. The van der Waals surface area contributed by atoms with E-state index in [9.17, 15) is 21.6 Å². The van der Waals surface area contributed by atoms with Gasteiger partial charge in [0.15, 0.2) is 0 Å². The second-order valence-corrected chi connectivity index (χ2v) is 6.34. The van der Waals surface area contributed by atoms with Gasteiger partial charge in [-0.05, 0) is 0 Å². The van der Waals surface area contributed by atoms with Gasteiger partial charge in [-0.25, -0.2) is 8.42 Å². The van der Waals surface area contributed by atoms with E-state index in [-0.39, 0.29) is 11.5 Å². The lowest BCUT2D eigenvalue weighted by Gasteiger charge is -2.17. The summed E-state index contributed by atoms with van der Waals surface area (Å²) in [5.41, 5.74) is 4.92. The number of halogens is 3. The molecule has 0 saturated carbocycles. The topological polar surface area (TPSA) is 60.2 Å². The molecule has 1 unspecified atom stereocenters. The lowest BCUT2D eigenvalue weighted by atomic mass is 10.4. The summed E-state index contributed by atoms with van der Waals surface area (Å²) in [6, 6.07) is 0. The van der Waals surface area contributed by atoms with Gasteiger partial charge in [-0.2, -0.15) is 13.2 Å². The van der Waals surface area contributed by atoms with Crippen LogP contribution in [0, 0.1) is 0 Å². The molecule has 0 amide bonds. The van der Waals surface area contributed by atoms with Crippen molar-refractivity contribution in [2.45, 2.75) is 11.4 Å². The van der Waals surface area contributed by atoms with E-state index >= 15 is 0 Å². The molecule has 2 N–H and O–H groups in total. The minimum Gasteiger partial charge on any atom is -0.329 e. The first-order valence-electron chi connectivity index (χ1n) is 3.73. The van der Waals surface area contributed by atoms with Gasteiger partial charge in [0, 0.05) is 18.6 Å². The Morgan fingerprint density at radius 1 is 1.43 bits per heavy atom. The maximum Gasteiger partial charge on any atom is 0.401 e. The van der Waals surface area contributed by atoms with Crippen molar-refractivity contribution < 1.29 is 21.6 Å². The lowest BCUT2D eigenvalue weighted by molar-refractivity contribution is -0.126. The predicted molar refractivity (Wildman–Crippen MR) is 51.1 cm³/mol. The van der Waals surface area contributed by atoms with Gasteiger partial charge >= 0.3 is 6.18 Å². The first kappa shape index (κ1) is 14.1. The van der Waals surface area contributed by atoms with Gasteiger partial charge in [-0.3, -0.25) is 0 Å². The zero-order valence-electron chi connectivity index (χ0n) is 7.54. The van der Waals surface area contributed by atoms with Crippen molar-refractivity contribution in [3.05, 3.63) is 0 Å². The van der Waals surface area contributed by atoms with Crippen LogP contribution < -0.4 is 5.73 Å². The molecule has 0 aliphatic rings. The zero-order valence-corrected chi connectivity index (χ0v) is 9.18. The molecule has 0 aromatic carbocycles. The third-order valence-corrected chi connectivity index (χ3v) is 3.86. The minimum atomic E-state index is -4.36. The molecular weight excluding hydrogens is 239 g/mol. The molecule has 8 heteroatoms. The molecule has 0 heterocycles. The Morgan fingerprint density at radius 3 is 2.21 bits per heavy atom. The van der Waals surface area contributed by atoms with E-state index in [1.807, 2.05) is 0 Å². The Labute approximate surface area is 85.1 Å². The Balaban J connectivity index is 3.99. The number of alkyl halides is 3. The molecule has 0 aromatic heterocycles. The fourth-order valence-electron chi connectivity index (χ4n) is 0.638.